The van der Waals surface area contributed by atoms with Crippen molar-refractivity contribution in [3.63, 3.8) is 0 Å². The molecule has 0 aliphatic carbocycles. The van der Waals surface area contributed by atoms with E-state index < -0.39 is 5.97 Å². The molecule has 2 aromatic rings. The molecule has 3 rings (SSSR count). The van der Waals surface area contributed by atoms with Crippen LogP contribution in [0.1, 0.15) is 16.7 Å². The number of hydrogen-bond donors (Lipinski definition) is 1. The molecule has 0 radical (unpaired) electrons. The van der Waals surface area contributed by atoms with Crippen molar-refractivity contribution in [2.24, 2.45) is 0 Å². The summed E-state index contributed by atoms with van der Waals surface area (Å²) in [5.41, 5.74) is 2.92. The fourth-order valence-electron chi connectivity index (χ4n) is 2.28. The fraction of sp³-hybridized carbons (Fsp3) is 0.133. The lowest BCUT2D eigenvalue weighted by Crippen LogP contribution is -2.08. The monoisotopic (exact) mass is 240 g/mol. The van der Waals surface area contributed by atoms with Crippen molar-refractivity contribution >= 4 is 5.97 Å². The van der Waals surface area contributed by atoms with Gasteiger partial charge in [0, 0.05) is 12.0 Å². The average Bonchev–Trinajstić information content (AvgIpc) is 2.36. The highest BCUT2D eigenvalue weighted by Crippen LogP contribution is 2.38. The third-order valence-electron chi connectivity index (χ3n) is 3.09. The first kappa shape index (κ1) is 10.8. The van der Waals surface area contributed by atoms with Gasteiger partial charge in [-0.3, -0.25) is 4.79 Å². The van der Waals surface area contributed by atoms with Gasteiger partial charge in [-0.2, -0.15) is 0 Å². The smallest absolute Gasteiger partial charge is 0.307 e. The molecule has 0 bridgehead atoms. The minimum atomic E-state index is -0.842. The maximum Gasteiger partial charge on any atom is 0.307 e. The largest absolute Gasteiger partial charge is 0.481 e. The molecule has 1 aliphatic heterocycles. The average molecular weight is 240 g/mol. The minimum absolute atomic E-state index is 0.00859. The standard InChI is InChI=1S/C15H12O3/c16-14(17)9-12-6-3-5-11-8-10-4-1-2-7-13(10)18-15(11)12/h1-7H,8-9H2,(H,16,17). The topological polar surface area (TPSA) is 46.5 Å². The van der Waals surface area contributed by atoms with Crippen LogP contribution in [0.4, 0.5) is 0 Å². The summed E-state index contributed by atoms with van der Waals surface area (Å²) in [7, 11) is 0. The van der Waals surface area contributed by atoms with E-state index in [1.54, 1.807) is 6.07 Å². The van der Waals surface area contributed by atoms with E-state index >= 15 is 0 Å². The van der Waals surface area contributed by atoms with Crippen LogP contribution in [0.5, 0.6) is 11.5 Å². The van der Waals surface area contributed by atoms with E-state index in [1.165, 1.54) is 0 Å². The fourth-order valence-corrected chi connectivity index (χ4v) is 2.28. The normalized spacial score (nSPS) is 12.2. The number of aliphatic carboxylic acids is 1. The van der Waals surface area contributed by atoms with Gasteiger partial charge < -0.3 is 9.84 Å². The second-order valence-corrected chi connectivity index (χ2v) is 4.36. The zero-order chi connectivity index (χ0) is 12.5. The lowest BCUT2D eigenvalue weighted by Gasteiger charge is -2.22. The van der Waals surface area contributed by atoms with Crippen LogP contribution in [0, 0.1) is 0 Å². The van der Waals surface area contributed by atoms with Gasteiger partial charge in [-0.05, 0) is 17.2 Å². The van der Waals surface area contributed by atoms with Gasteiger partial charge in [-0.15, -0.1) is 0 Å². The first-order valence-electron chi connectivity index (χ1n) is 5.82. The molecular weight excluding hydrogens is 228 g/mol. The van der Waals surface area contributed by atoms with Crippen LogP contribution in [-0.2, 0) is 17.6 Å². The van der Waals surface area contributed by atoms with E-state index in [0.29, 0.717) is 5.75 Å². The second-order valence-electron chi connectivity index (χ2n) is 4.36. The van der Waals surface area contributed by atoms with Gasteiger partial charge in [0.15, 0.2) is 0 Å². The highest BCUT2D eigenvalue weighted by molar-refractivity contribution is 5.72. The quantitative estimate of drug-likeness (QED) is 0.749. The van der Waals surface area contributed by atoms with Crippen molar-refractivity contribution < 1.29 is 14.6 Å². The molecule has 0 saturated heterocycles. The van der Waals surface area contributed by atoms with Crippen LogP contribution < -0.4 is 4.74 Å². The summed E-state index contributed by atoms with van der Waals surface area (Å²) in [5, 5.41) is 8.91. The minimum Gasteiger partial charge on any atom is -0.481 e. The molecule has 0 spiro atoms. The molecule has 3 nitrogen and oxygen atoms in total. The van der Waals surface area contributed by atoms with Gasteiger partial charge >= 0.3 is 5.97 Å². The van der Waals surface area contributed by atoms with Crippen LogP contribution in [0.3, 0.4) is 0 Å². The van der Waals surface area contributed by atoms with E-state index in [-0.39, 0.29) is 6.42 Å². The molecule has 0 aromatic heterocycles. The van der Waals surface area contributed by atoms with Crippen molar-refractivity contribution in [3.05, 3.63) is 59.2 Å². The SMILES string of the molecule is O=C(O)Cc1cccc2c1Oc1ccccc1C2. The molecule has 1 aliphatic rings. The number of ether oxygens (including phenoxy) is 1. The summed E-state index contributed by atoms with van der Waals surface area (Å²) in [4.78, 5) is 10.8. The summed E-state index contributed by atoms with van der Waals surface area (Å²) >= 11 is 0. The third kappa shape index (κ3) is 1.84. The van der Waals surface area contributed by atoms with Crippen molar-refractivity contribution in [1.29, 1.82) is 0 Å². The zero-order valence-electron chi connectivity index (χ0n) is 9.72. The van der Waals surface area contributed by atoms with E-state index in [9.17, 15) is 4.79 Å². The summed E-state index contributed by atoms with van der Waals surface area (Å²) < 4.78 is 5.85. The van der Waals surface area contributed by atoms with E-state index in [2.05, 4.69) is 0 Å². The molecule has 0 amide bonds. The number of carboxylic acids is 1. The van der Waals surface area contributed by atoms with Gasteiger partial charge in [0.05, 0.1) is 6.42 Å². The van der Waals surface area contributed by atoms with Crippen LogP contribution in [0.25, 0.3) is 0 Å². The van der Waals surface area contributed by atoms with Gasteiger partial charge in [0.1, 0.15) is 11.5 Å². The van der Waals surface area contributed by atoms with E-state index in [0.717, 1.165) is 28.9 Å². The Balaban J connectivity index is 2.04. The van der Waals surface area contributed by atoms with Crippen molar-refractivity contribution in [1.82, 2.24) is 0 Å². The Bertz CT molecular complexity index is 617. The number of hydrogen-bond acceptors (Lipinski definition) is 2. The van der Waals surface area contributed by atoms with Crippen LogP contribution >= 0.6 is 0 Å². The predicted octanol–water partition coefficient (Wildman–Crippen LogP) is 3.01. The third-order valence-corrected chi connectivity index (χ3v) is 3.09. The van der Waals surface area contributed by atoms with Crippen molar-refractivity contribution in [3.8, 4) is 11.5 Å². The number of carboxylic acid groups (broad SMARTS) is 1. The first-order valence-corrected chi connectivity index (χ1v) is 5.82. The number of carbonyl (C=O) groups is 1. The molecule has 0 fully saturated rings. The lowest BCUT2D eigenvalue weighted by molar-refractivity contribution is -0.136. The molecule has 3 heteroatoms. The maximum atomic E-state index is 10.8. The van der Waals surface area contributed by atoms with Gasteiger partial charge in [0.25, 0.3) is 0 Å². The maximum absolute atomic E-state index is 10.8. The van der Waals surface area contributed by atoms with Crippen molar-refractivity contribution in [2.75, 3.05) is 0 Å². The zero-order valence-corrected chi connectivity index (χ0v) is 9.72. The Kier molecular flexibility index (Phi) is 2.52. The second kappa shape index (κ2) is 4.18. The number of para-hydroxylation sites is 2. The molecule has 2 aromatic carbocycles. The molecule has 0 saturated carbocycles. The van der Waals surface area contributed by atoms with Crippen LogP contribution in [-0.4, -0.2) is 11.1 Å². The molecule has 0 unspecified atom stereocenters. The van der Waals surface area contributed by atoms with Crippen LogP contribution in [0.15, 0.2) is 42.5 Å². The first-order chi connectivity index (χ1) is 8.74. The summed E-state index contributed by atoms with van der Waals surface area (Å²) in [6, 6.07) is 13.5. The van der Waals surface area contributed by atoms with Gasteiger partial charge in [-0.1, -0.05) is 36.4 Å². The molecule has 18 heavy (non-hydrogen) atoms. The highest BCUT2D eigenvalue weighted by atomic mass is 16.5. The Hall–Kier alpha value is -2.29. The van der Waals surface area contributed by atoms with E-state index in [1.807, 2.05) is 36.4 Å². The molecule has 1 heterocycles. The number of benzene rings is 2. The Morgan fingerprint density at radius 3 is 2.72 bits per heavy atom. The molecule has 1 N–H and O–H groups in total. The molecule has 0 atom stereocenters. The molecular formula is C15H12O3. The van der Waals surface area contributed by atoms with Gasteiger partial charge in [-0.25, -0.2) is 0 Å². The van der Waals surface area contributed by atoms with Gasteiger partial charge in [0.2, 0.25) is 0 Å². The van der Waals surface area contributed by atoms with Crippen molar-refractivity contribution in [2.45, 2.75) is 12.8 Å². The van der Waals surface area contributed by atoms with Crippen LogP contribution in [0.2, 0.25) is 0 Å². The number of rotatable bonds is 2. The highest BCUT2D eigenvalue weighted by Gasteiger charge is 2.20. The summed E-state index contributed by atoms with van der Waals surface area (Å²) in [6.45, 7) is 0. The Morgan fingerprint density at radius 1 is 1.11 bits per heavy atom. The number of fused-ring (bicyclic) bond motifs is 2. The summed E-state index contributed by atoms with van der Waals surface area (Å²) in [6.07, 6.45) is 0.782. The lowest BCUT2D eigenvalue weighted by atomic mass is 9.97. The Morgan fingerprint density at radius 2 is 1.89 bits per heavy atom. The molecule has 90 valence electrons. The summed E-state index contributed by atoms with van der Waals surface area (Å²) in [5.74, 6) is 0.687. The van der Waals surface area contributed by atoms with E-state index in [4.69, 9.17) is 9.84 Å². The predicted molar refractivity (Wildman–Crippen MR) is 67.1 cm³/mol. The Labute approximate surface area is 105 Å².